The number of halogens is 5. The number of carbonyl (C=O) groups is 3. The Kier molecular flexibility index (Phi) is 8.88. The van der Waals surface area contributed by atoms with Gasteiger partial charge in [-0.25, -0.2) is 0 Å². The summed E-state index contributed by atoms with van der Waals surface area (Å²) in [6.07, 6.45) is -4.44. The predicted molar refractivity (Wildman–Crippen MR) is 113 cm³/mol. The van der Waals surface area contributed by atoms with Crippen LogP contribution in [-0.4, -0.2) is 24.4 Å². The van der Waals surface area contributed by atoms with Gasteiger partial charge in [-0.05, 0) is 48.9 Å². The van der Waals surface area contributed by atoms with Gasteiger partial charge in [0.25, 0.3) is 5.91 Å². The molecule has 2 N–H and O–H groups in total. The first-order chi connectivity index (χ1) is 14.5. The highest BCUT2D eigenvalue weighted by molar-refractivity contribution is 9.10. The van der Waals surface area contributed by atoms with Crippen molar-refractivity contribution in [3.63, 3.8) is 0 Å². The number of anilines is 2. The third-order valence-corrected chi connectivity index (χ3v) is 4.70. The lowest BCUT2D eigenvalue weighted by atomic mass is 10.2. The minimum atomic E-state index is -4.60. The van der Waals surface area contributed by atoms with Crippen LogP contribution >= 0.6 is 27.5 Å². The minimum Gasteiger partial charge on any atom is -0.456 e. The van der Waals surface area contributed by atoms with Crippen LogP contribution in [0.5, 0.6) is 0 Å². The van der Waals surface area contributed by atoms with Crippen molar-refractivity contribution in [3.8, 4) is 0 Å². The lowest BCUT2D eigenvalue weighted by molar-refractivity contribution is -0.147. The number of amides is 2. The average molecular weight is 522 g/mol. The zero-order valence-electron chi connectivity index (χ0n) is 15.9. The predicted octanol–water partition coefficient (Wildman–Crippen LogP) is 5.41. The van der Waals surface area contributed by atoms with Gasteiger partial charge in [0.05, 0.1) is 16.3 Å². The molecule has 2 rings (SSSR count). The molecule has 0 heterocycles. The maximum absolute atomic E-state index is 12.7. The molecule has 6 nitrogen and oxygen atoms in total. The summed E-state index contributed by atoms with van der Waals surface area (Å²) < 4.78 is 43.9. The fourth-order valence-corrected chi connectivity index (χ4v) is 2.78. The molecule has 0 aliphatic rings. The van der Waals surface area contributed by atoms with Crippen molar-refractivity contribution in [2.75, 3.05) is 17.2 Å². The van der Waals surface area contributed by atoms with Gasteiger partial charge in [0.1, 0.15) is 0 Å². The summed E-state index contributed by atoms with van der Waals surface area (Å²) in [6.45, 7) is -0.698. The molecule has 0 bridgehead atoms. The van der Waals surface area contributed by atoms with Crippen LogP contribution < -0.4 is 10.6 Å². The third-order valence-electron chi connectivity index (χ3n) is 3.84. The first-order valence-corrected chi connectivity index (χ1v) is 10.1. The largest absolute Gasteiger partial charge is 0.456 e. The number of carbonyl (C=O) groups excluding carboxylic acids is 3. The van der Waals surface area contributed by atoms with E-state index in [1.54, 1.807) is 24.3 Å². The molecule has 2 aromatic carbocycles. The van der Waals surface area contributed by atoms with E-state index in [1.165, 1.54) is 0 Å². The van der Waals surface area contributed by atoms with Gasteiger partial charge in [-0.2, -0.15) is 13.2 Å². The van der Waals surface area contributed by atoms with E-state index >= 15 is 0 Å². The third kappa shape index (κ3) is 8.58. The Morgan fingerprint density at radius 1 is 0.968 bits per heavy atom. The maximum atomic E-state index is 12.7. The molecule has 2 amide bonds. The summed E-state index contributed by atoms with van der Waals surface area (Å²) in [5.74, 6) is -1.85. The molecular weight excluding hydrogens is 505 g/mol. The fraction of sp³-hybridized carbons (Fsp3) is 0.250. The highest BCUT2D eigenvalue weighted by Crippen LogP contribution is 2.33. The van der Waals surface area contributed by atoms with E-state index < -0.39 is 30.2 Å². The Hall–Kier alpha value is -2.59. The molecule has 0 aromatic heterocycles. The monoisotopic (exact) mass is 520 g/mol. The SMILES string of the molecule is O=C(CCCC(=O)OCC(=O)Nc1cc(C(F)(F)F)ccc1Cl)Nc1ccc(Br)cc1. The molecule has 0 spiro atoms. The van der Waals surface area contributed by atoms with Crippen molar-refractivity contribution in [1.82, 2.24) is 0 Å². The van der Waals surface area contributed by atoms with E-state index in [-0.39, 0.29) is 35.9 Å². The molecule has 2 aromatic rings. The summed E-state index contributed by atoms with van der Waals surface area (Å²) >= 11 is 9.07. The number of alkyl halides is 3. The van der Waals surface area contributed by atoms with Crippen molar-refractivity contribution < 1.29 is 32.3 Å². The van der Waals surface area contributed by atoms with Gasteiger partial charge in [0.2, 0.25) is 5.91 Å². The highest BCUT2D eigenvalue weighted by Gasteiger charge is 2.31. The first kappa shape index (κ1) is 24.7. The van der Waals surface area contributed by atoms with Crippen LogP contribution in [0, 0.1) is 0 Å². The number of rotatable bonds is 8. The van der Waals surface area contributed by atoms with Gasteiger partial charge < -0.3 is 15.4 Å². The lowest BCUT2D eigenvalue weighted by Crippen LogP contribution is -2.21. The molecule has 0 saturated heterocycles. The van der Waals surface area contributed by atoms with Gasteiger partial charge in [0.15, 0.2) is 6.61 Å². The summed E-state index contributed by atoms with van der Waals surface area (Å²) in [5, 5.41) is 4.75. The van der Waals surface area contributed by atoms with E-state index in [0.717, 1.165) is 16.6 Å². The quantitative estimate of drug-likeness (QED) is 0.455. The van der Waals surface area contributed by atoms with Crippen LogP contribution in [0.2, 0.25) is 5.02 Å². The Balaban J connectivity index is 1.72. The van der Waals surface area contributed by atoms with Gasteiger partial charge >= 0.3 is 12.1 Å². The second kappa shape index (κ2) is 11.1. The number of ether oxygens (including phenoxy) is 1. The van der Waals surface area contributed by atoms with Crippen LogP contribution in [0.25, 0.3) is 0 Å². The fourth-order valence-electron chi connectivity index (χ4n) is 2.35. The summed E-state index contributed by atoms with van der Waals surface area (Å²) in [5.41, 5.74) is -0.617. The van der Waals surface area contributed by atoms with Crippen LogP contribution in [0.3, 0.4) is 0 Å². The van der Waals surface area contributed by atoms with E-state index in [0.29, 0.717) is 11.8 Å². The molecule has 11 heteroatoms. The van der Waals surface area contributed by atoms with Crippen molar-refractivity contribution >= 4 is 56.7 Å². The Morgan fingerprint density at radius 2 is 1.65 bits per heavy atom. The molecule has 31 heavy (non-hydrogen) atoms. The summed E-state index contributed by atoms with van der Waals surface area (Å²) in [6, 6.07) is 9.44. The average Bonchev–Trinajstić information content (AvgIpc) is 2.69. The van der Waals surface area contributed by atoms with E-state index in [2.05, 4.69) is 26.6 Å². The second-order valence-corrected chi connectivity index (χ2v) is 7.63. The van der Waals surface area contributed by atoms with Crippen LogP contribution in [0.4, 0.5) is 24.5 Å². The van der Waals surface area contributed by atoms with Gasteiger partial charge in [-0.1, -0.05) is 27.5 Å². The molecule has 0 unspecified atom stereocenters. The van der Waals surface area contributed by atoms with E-state index in [4.69, 9.17) is 16.3 Å². The van der Waals surface area contributed by atoms with Crippen molar-refractivity contribution in [2.24, 2.45) is 0 Å². The smallest absolute Gasteiger partial charge is 0.416 e. The van der Waals surface area contributed by atoms with E-state index in [1.807, 2.05) is 0 Å². The number of nitrogens with one attached hydrogen (secondary N) is 2. The summed E-state index contributed by atoms with van der Waals surface area (Å²) in [7, 11) is 0. The number of esters is 1. The standard InChI is InChI=1S/C20H17BrClF3N2O4/c21-13-5-7-14(8-6-13)26-17(28)2-1-3-19(30)31-11-18(29)27-16-10-12(20(23,24)25)4-9-15(16)22/h4-10H,1-3,11H2,(H,26,28)(H,27,29). The molecule has 0 fully saturated rings. The summed E-state index contributed by atoms with van der Waals surface area (Å²) in [4.78, 5) is 35.4. The normalized spacial score (nSPS) is 11.0. The topological polar surface area (TPSA) is 84.5 Å². The van der Waals surface area contributed by atoms with Gasteiger partial charge in [0, 0.05) is 23.0 Å². The van der Waals surface area contributed by atoms with Gasteiger partial charge in [-0.15, -0.1) is 0 Å². The van der Waals surface area contributed by atoms with Crippen molar-refractivity contribution in [3.05, 3.63) is 57.5 Å². The van der Waals surface area contributed by atoms with Gasteiger partial charge in [-0.3, -0.25) is 14.4 Å². The molecule has 0 atom stereocenters. The Bertz CT molecular complexity index is 952. The van der Waals surface area contributed by atoms with E-state index in [9.17, 15) is 27.6 Å². The van der Waals surface area contributed by atoms with Crippen molar-refractivity contribution in [1.29, 1.82) is 0 Å². The molecular formula is C20H17BrClF3N2O4. The molecule has 0 radical (unpaired) electrons. The highest BCUT2D eigenvalue weighted by atomic mass is 79.9. The Morgan fingerprint density at radius 3 is 2.29 bits per heavy atom. The lowest BCUT2D eigenvalue weighted by Gasteiger charge is -2.12. The number of hydrogen-bond acceptors (Lipinski definition) is 4. The molecule has 166 valence electrons. The zero-order chi connectivity index (χ0) is 23.0. The van der Waals surface area contributed by atoms with Crippen LogP contribution in [0.1, 0.15) is 24.8 Å². The van der Waals surface area contributed by atoms with Crippen LogP contribution in [0.15, 0.2) is 46.9 Å². The second-order valence-electron chi connectivity index (χ2n) is 6.31. The van der Waals surface area contributed by atoms with Crippen LogP contribution in [-0.2, 0) is 25.3 Å². The first-order valence-electron chi connectivity index (χ1n) is 8.92. The zero-order valence-corrected chi connectivity index (χ0v) is 18.2. The number of benzene rings is 2. The molecule has 0 aliphatic heterocycles. The Labute approximate surface area is 189 Å². The number of hydrogen-bond donors (Lipinski definition) is 2. The minimum absolute atomic E-state index is 0.0667. The van der Waals surface area contributed by atoms with Crippen molar-refractivity contribution in [2.45, 2.75) is 25.4 Å². The molecule has 0 aliphatic carbocycles. The maximum Gasteiger partial charge on any atom is 0.416 e. The molecule has 0 saturated carbocycles.